The summed E-state index contributed by atoms with van der Waals surface area (Å²) in [6.45, 7) is 9.82. The Morgan fingerprint density at radius 2 is 1.68 bits per heavy atom. The van der Waals surface area contributed by atoms with Crippen molar-refractivity contribution in [1.82, 2.24) is 19.8 Å². The van der Waals surface area contributed by atoms with Crippen molar-refractivity contribution in [2.45, 2.75) is 26.9 Å². The zero-order valence-corrected chi connectivity index (χ0v) is 24.2. The van der Waals surface area contributed by atoms with Gasteiger partial charge < -0.3 is 19.9 Å². The molecule has 0 bridgehead atoms. The lowest BCUT2D eigenvalue weighted by Gasteiger charge is -2.37. The molecule has 0 spiro atoms. The summed E-state index contributed by atoms with van der Waals surface area (Å²) in [5.41, 5.74) is 4.24. The third kappa shape index (κ3) is 7.31. The first-order valence-corrected chi connectivity index (χ1v) is 12.5. The average Bonchev–Trinajstić information content (AvgIpc) is 3.14. The summed E-state index contributed by atoms with van der Waals surface area (Å²) in [6, 6.07) is 13.4. The van der Waals surface area contributed by atoms with Gasteiger partial charge >= 0.3 is 0 Å². The molecule has 7 nitrogen and oxygen atoms in total. The van der Waals surface area contributed by atoms with Crippen molar-refractivity contribution in [1.29, 1.82) is 0 Å². The quantitative estimate of drug-likeness (QED) is 0.412. The molecule has 1 saturated heterocycles. The van der Waals surface area contributed by atoms with E-state index in [0.717, 1.165) is 53.8 Å². The third-order valence-electron chi connectivity index (χ3n) is 6.49. The summed E-state index contributed by atoms with van der Waals surface area (Å²) in [6.07, 6.45) is -0.668. The fourth-order valence-corrected chi connectivity index (χ4v) is 4.89. The smallest absolute Gasteiger partial charge is 0.271 e. The minimum atomic E-state index is -0.668. The molecule has 1 atom stereocenters. The summed E-state index contributed by atoms with van der Waals surface area (Å²) >= 11 is 12.3. The number of aliphatic hydroxyl groups excluding tert-OH is 1. The number of hydrogen-bond donors (Lipinski definition) is 2. The van der Waals surface area contributed by atoms with Crippen molar-refractivity contribution in [2.24, 2.45) is 0 Å². The van der Waals surface area contributed by atoms with Gasteiger partial charge in [-0.25, -0.2) is 4.98 Å². The average molecular weight is 589 g/mol. The van der Waals surface area contributed by atoms with Gasteiger partial charge in [-0.05, 0) is 62.7 Å². The second-order valence-electron chi connectivity index (χ2n) is 8.94. The number of anilines is 1. The Morgan fingerprint density at radius 1 is 1.03 bits per heavy atom. The minimum Gasteiger partial charge on any atom is -0.390 e. The molecule has 0 radical (unpaired) electrons. The largest absolute Gasteiger partial charge is 0.390 e. The van der Waals surface area contributed by atoms with E-state index in [9.17, 15) is 9.90 Å². The molecule has 1 aromatic heterocycles. The zero-order valence-electron chi connectivity index (χ0n) is 21.1. The number of imidazole rings is 1. The second-order valence-corrected chi connectivity index (χ2v) is 9.78. The van der Waals surface area contributed by atoms with Crippen molar-refractivity contribution in [3.05, 3.63) is 75.3 Å². The number of benzene rings is 2. The number of halogens is 4. The molecule has 11 heteroatoms. The molecule has 1 fully saturated rings. The summed E-state index contributed by atoms with van der Waals surface area (Å²) < 4.78 is 1.92. The van der Waals surface area contributed by atoms with Gasteiger partial charge in [-0.2, -0.15) is 0 Å². The van der Waals surface area contributed by atoms with Gasteiger partial charge in [0, 0.05) is 60.7 Å². The van der Waals surface area contributed by atoms with Gasteiger partial charge in [-0.3, -0.25) is 9.69 Å². The highest BCUT2D eigenvalue weighted by atomic mass is 35.5. The second kappa shape index (κ2) is 13.7. The molecule has 1 unspecified atom stereocenters. The Morgan fingerprint density at radius 3 is 2.32 bits per heavy atom. The number of aliphatic hydroxyl groups is 1. The number of amides is 1. The predicted molar refractivity (Wildman–Crippen MR) is 156 cm³/mol. The maximum absolute atomic E-state index is 12.8. The van der Waals surface area contributed by atoms with E-state index >= 15 is 0 Å². The first-order chi connectivity index (χ1) is 16.7. The molecular formula is C26H33Cl4N5O2. The van der Waals surface area contributed by atoms with Crippen LogP contribution in [-0.4, -0.2) is 70.8 Å². The molecule has 3 aromatic rings. The lowest BCUT2D eigenvalue weighted by molar-refractivity contribution is 0.0847. The topological polar surface area (TPSA) is 73.6 Å². The zero-order chi connectivity index (χ0) is 25.1. The van der Waals surface area contributed by atoms with Gasteiger partial charge in [0.05, 0.1) is 11.8 Å². The number of carbonyl (C=O) groups is 1. The normalized spacial score (nSPS) is 14.5. The number of piperazine rings is 1. The van der Waals surface area contributed by atoms with E-state index < -0.39 is 6.10 Å². The molecule has 202 valence electrons. The summed E-state index contributed by atoms with van der Waals surface area (Å²) in [7, 11) is 0. The predicted octanol–water partition coefficient (Wildman–Crippen LogP) is 4.86. The van der Waals surface area contributed by atoms with Crippen molar-refractivity contribution in [3.8, 4) is 5.69 Å². The number of nitrogens with zero attached hydrogens (tertiary/aromatic N) is 4. The van der Waals surface area contributed by atoms with E-state index in [2.05, 4.69) is 26.2 Å². The highest BCUT2D eigenvalue weighted by molar-refractivity contribution is 6.31. The first kappa shape index (κ1) is 31.2. The number of nitrogens with one attached hydrogen (secondary N) is 1. The van der Waals surface area contributed by atoms with E-state index in [1.54, 1.807) is 0 Å². The Bertz CT molecular complexity index is 1190. The molecule has 2 aromatic carbocycles. The summed E-state index contributed by atoms with van der Waals surface area (Å²) in [5.74, 6) is 0.418. The fraction of sp³-hybridized carbons (Fsp3) is 0.385. The van der Waals surface area contributed by atoms with E-state index in [1.807, 2.05) is 61.7 Å². The van der Waals surface area contributed by atoms with Gasteiger partial charge in [0.25, 0.3) is 5.91 Å². The minimum absolute atomic E-state index is 0. The lowest BCUT2D eigenvalue weighted by atomic mass is 10.1. The highest BCUT2D eigenvalue weighted by Gasteiger charge is 2.23. The van der Waals surface area contributed by atoms with Gasteiger partial charge in [-0.1, -0.05) is 29.3 Å². The fourth-order valence-electron chi connectivity index (χ4n) is 4.59. The van der Waals surface area contributed by atoms with E-state index in [0.29, 0.717) is 23.1 Å². The van der Waals surface area contributed by atoms with Crippen LogP contribution in [0.4, 0.5) is 5.69 Å². The third-order valence-corrected chi connectivity index (χ3v) is 7.16. The molecule has 0 aliphatic carbocycles. The van der Waals surface area contributed by atoms with Crippen molar-refractivity contribution in [3.63, 3.8) is 0 Å². The lowest BCUT2D eigenvalue weighted by Crippen LogP contribution is -2.50. The first-order valence-electron chi connectivity index (χ1n) is 11.7. The molecule has 2 N–H and O–H groups in total. The van der Waals surface area contributed by atoms with Gasteiger partial charge in [0.15, 0.2) is 0 Å². The molecule has 4 rings (SSSR count). The van der Waals surface area contributed by atoms with Gasteiger partial charge in [-0.15, -0.1) is 24.8 Å². The number of aryl methyl sites for hydroxylation is 1. The Balaban J connectivity index is 0.00000241. The van der Waals surface area contributed by atoms with Crippen LogP contribution in [0, 0.1) is 20.8 Å². The number of β-amino-alcohol motifs (C(OH)–C–C–N with tert-alkyl or cyclic N) is 1. The maximum Gasteiger partial charge on any atom is 0.271 e. The van der Waals surface area contributed by atoms with Crippen LogP contribution in [-0.2, 0) is 0 Å². The van der Waals surface area contributed by atoms with Crippen LogP contribution in [0.1, 0.15) is 27.6 Å². The molecular weight excluding hydrogens is 556 g/mol. The van der Waals surface area contributed by atoms with Crippen molar-refractivity contribution >= 4 is 59.6 Å². The molecule has 1 aliphatic rings. The Hall–Kier alpha value is -2.00. The standard InChI is InChI=1S/C26H31Cl2N5O2.2ClH/c1-17-23(28)5-4-6-24(17)32-13-11-31(12-14-32)16-22(34)15-29-26(35)25-18(2)33(19(3)30-25)21-9-7-20(27)8-10-21;;/h4-10,22,34H,11-16H2,1-3H3,(H,29,35);2*1H. The van der Waals surface area contributed by atoms with Gasteiger partial charge in [0.2, 0.25) is 0 Å². The SMILES string of the molecule is Cc1c(Cl)cccc1N1CCN(CC(O)CNC(=O)c2nc(C)n(-c3ccc(Cl)cc3)c2C)CC1.Cl.Cl. The van der Waals surface area contributed by atoms with Crippen LogP contribution in [0.5, 0.6) is 0 Å². The summed E-state index contributed by atoms with van der Waals surface area (Å²) in [4.78, 5) is 21.8. The molecule has 1 amide bonds. The number of rotatable bonds is 7. The number of carbonyl (C=O) groups excluding carboxylic acids is 1. The van der Waals surface area contributed by atoms with Crippen molar-refractivity contribution < 1.29 is 9.90 Å². The summed E-state index contributed by atoms with van der Waals surface area (Å²) in [5, 5.41) is 14.8. The Kier molecular flexibility index (Phi) is 11.6. The molecule has 37 heavy (non-hydrogen) atoms. The van der Waals surface area contributed by atoms with Gasteiger partial charge in [0.1, 0.15) is 11.5 Å². The number of aromatic nitrogens is 2. The van der Waals surface area contributed by atoms with Crippen LogP contribution in [0.2, 0.25) is 10.0 Å². The van der Waals surface area contributed by atoms with Crippen LogP contribution in [0.15, 0.2) is 42.5 Å². The van der Waals surface area contributed by atoms with Crippen LogP contribution < -0.4 is 10.2 Å². The maximum atomic E-state index is 12.8. The van der Waals surface area contributed by atoms with E-state index in [-0.39, 0.29) is 37.3 Å². The van der Waals surface area contributed by atoms with E-state index in [4.69, 9.17) is 23.2 Å². The highest BCUT2D eigenvalue weighted by Crippen LogP contribution is 2.27. The molecule has 2 heterocycles. The van der Waals surface area contributed by atoms with Crippen LogP contribution in [0.3, 0.4) is 0 Å². The number of hydrogen-bond acceptors (Lipinski definition) is 5. The molecule has 0 saturated carbocycles. The van der Waals surface area contributed by atoms with Crippen LogP contribution >= 0.6 is 48.0 Å². The monoisotopic (exact) mass is 587 g/mol. The van der Waals surface area contributed by atoms with Crippen molar-refractivity contribution in [2.75, 3.05) is 44.2 Å². The van der Waals surface area contributed by atoms with E-state index in [1.165, 1.54) is 0 Å². The molecule has 1 aliphatic heterocycles. The van der Waals surface area contributed by atoms with Crippen LogP contribution in [0.25, 0.3) is 5.69 Å². The Labute approximate surface area is 240 Å².